The zero-order valence-corrected chi connectivity index (χ0v) is 12.8. The lowest BCUT2D eigenvalue weighted by molar-refractivity contribution is 0.348. The van der Waals surface area contributed by atoms with E-state index in [9.17, 15) is 0 Å². The van der Waals surface area contributed by atoms with Crippen molar-refractivity contribution in [1.29, 1.82) is 0 Å². The second kappa shape index (κ2) is 4.68. The molecule has 0 N–H and O–H groups in total. The van der Waals surface area contributed by atoms with Crippen molar-refractivity contribution in [2.24, 2.45) is 0 Å². The molecule has 1 aliphatic carbocycles. The fourth-order valence-electron chi connectivity index (χ4n) is 2.80. The molecule has 1 aliphatic rings. The van der Waals surface area contributed by atoms with E-state index in [0.717, 1.165) is 21.7 Å². The van der Waals surface area contributed by atoms with E-state index < -0.39 is 0 Å². The molecule has 0 heterocycles. The molecule has 19 heavy (non-hydrogen) atoms. The van der Waals surface area contributed by atoms with Gasteiger partial charge in [0.25, 0.3) is 0 Å². The first-order valence-corrected chi connectivity index (χ1v) is 7.07. The molecule has 0 spiro atoms. The number of hydrogen-bond donors (Lipinski definition) is 0. The monoisotopic (exact) mass is 311 g/mol. The van der Waals surface area contributed by atoms with E-state index in [1.807, 2.05) is 38.4 Å². The molecule has 1 nitrogen and oxygen atoms in total. The van der Waals surface area contributed by atoms with Gasteiger partial charge in [0, 0.05) is 15.6 Å². The number of nitrogens with zero attached hydrogens (tertiary/aromatic N) is 1. The SMILES string of the molecule is CN(C)[C@H]1c2cc(Cl)ccc2-c2c(Cl)cc(Cl)cc21. The van der Waals surface area contributed by atoms with Crippen molar-refractivity contribution < 1.29 is 0 Å². The first-order valence-electron chi connectivity index (χ1n) is 5.94. The van der Waals surface area contributed by atoms with Crippen molar-refractivity contribution in [2.75, 3.05) is 14.1 Å². The third-order valence-electron chi connectivity index (χ3n) is 3.47. The Morgan fingerprint density at radius 3 is 2.26 bits per heavy atom. The fourth-order valence-corrected chi connectivity index (χ4v) is 3.60. The van der Waals surface area contributed by atoms with E-state index in [4.69, 9.17) is 34.8 Å². The minimum atomic E-state index is 0.139. The maximum absolute atomic E-state index is 6.38. The van der Waals surface area contributed by atoms with Gasteiger partial charge in [-0.2, -0.15) is 0 Å². The smallest absolute Gasteiger partial charge is 0.0610 e. The Labute approximate surface area is 127 Å². The number of hydrogen-bond acceptors (Lipinski definition) is 1. The van der Waals surface area contributed by atoms with Crippen LogP contribution in [0.25, 0.3) is 11.1 Å². The van der Waals surface area contributed by atoms with Crippen LogP contribution in [0, 0.1) is 0 Å². The van der Waals surface area contributed by atoms with Gasteiger partial charge in [-0.1, -0.05) is 40.9 Å². The molecule has 0 fully saturated rings. The molecule has 2 aromatic rings. The van der Waals surface area contributed by atoms with Crippen molar-refractivity contribution in [3.05, 3.63) is 56.5 Å². The summed E-state index contributed by atoms with van der Waals surface area (Å²) >= 11 is 18.6. The van der Waals surface area contributed by atoms with Crippen molar-refractivity contribution >= 4 is 34.8 Å². The summed E-state index contributed by atoms with van der Waals surface area (Å²) in [4.78, 5) is 2.15. The van der Waals surface area contributed by atoms with Crippen LogP contribution in [0.5, 0.6) is 0 Å². The molecule has 0 bridgehead atoms. The van der Waals surface area contributed by atoms with Crippen LogP contribution in [-0.2, 0) is 0 Å². The van der Waals surface area contributed by atoms with Crippen LogP contribution >= 0.6 is 34.8 Å². The van der Waals surface area contributed by atoms with Crippen LogP contribution in [-0.4, -0.2) is 19.0 Å². The highest BCUT2D eigenvalue weighted by Gasteiger charge is 2.32. The molecule has 0 unspecified atom stereocenters. The summed E-state index contributed by atoms with van der Waals surface area (Å²) in [7, 11) is 4.08. The van der Waals surface area contributed by atoms with E-state index >= 15 is 0 Å². The molecule has 0 amide bonds. The molecule has 0 saturated carbocycles. The zero-order valence-electron chi connectivity index (χ0n) is 10.5. The molecule has 98 valence electrons. The Kier molecular flexibility index (Phi) is 3.26. The van der Waals surface area contributed by atoms with E-state index in [2.05, 4.69) is 4.90 Å². The fraction of sp³-hybridized carbons (Fsp3) is 0.200. The first-order chi connectivity index (χ1) is 8.99. The van der Waals surface area contributed by atoms with Crippen LogP contribution in [0.2, 0.25) is 15.1 Å². The maximum atomic E-state index is 6.38. The summed E-state index contributed by atoms with van der Waals surface area (Å²) in [5.74, 6) is 0. The highest BCUT2D eigenvalue weighted by Crippen LogP contribution is 2.50. The summed E-state index contributed by atoms with van der Waals surface area (Å²) < 4.78 is 0. The Morgan fingerprint density at radius 2 is 1.58 bits per heavy atom. The molecule has 0 saturated heterocycles. The third-order valence-corrected chi connectivity index (χ3v) is 4.23. The number of benzene rings is 2. The van der Waals surface area contributed by atoms with Gasteiger partial charge in [-0.15, -0.1) is 0 Å². The average molecular weight is 313 g/mol. The molecule has 3 rings (SSSR count). The molecule has 0 aliphatic heterocycles. The van der Waals surface area contributed by atoms with E-state index in [1.54, 1.807) is 6.07 Å². The Balaban J connectivity index is 2.35. The van der Waals surface area contributed by atoms with Crippen LogP contribution < -0.4 is 0 Å². The molecule has 0 aromatic heterocycles. The summed E-state index contributed by atoms with van der Waals surface area (Å²) in [5.41, 5.74) is 4.52. The Hall–Kier alpha value is -0.730. The molecule has 4 heteroatoms. The van der Waals surface area contributed by atoms with Gasteiger partial charge >= 0.3 is 0 Å². The van der Waals surface area contributed by atoms with Gasteiger partial charge < -0.3 is 0 Å². The molecular formula is C15H12Cl3N. The second-order valence-corrected chi connectivity index (χ2v) is 6.23. The van der Waals surface area contributed by atoms with E-state index in [1.165, 1.54) is 5.56 Å². The quantitative estimate of drug-likeness (QED) is 0.692. The summed E-state index contributed by atoms with van der Waals surface area (Å²) in [6.07, 6.45) is 0. The van der Waals surface area contributed by atoms with Gasteiger partial charge in [-0.05, 0) is 55.1 Å². The Morgan fingerprint density at radius 1 is 0.895 bits per heavy atom. The van der Waals surface area contributed by atoms with Gasteiger partial charge in [0.1, 0.15) is 0 Å². The van der Waals surface area contributed by atoms with Crippen molar-refractivity contribution in [3.63, 3.8) is 0 Å². The number of fused-ring (bicyclic) bond motifs is 3. The van der Waals surface area contributed by atoms with Crippen molar-refractivity contribution in [3.8, 4) is 11.1 Å². The standard InChI is InChI=1S/C15H12Cl3N/c1-19(2)15-11-5-8(16)3-4-10(11)14-12(15)6-9(17)7-13(14)18/h3-7,15H,1-2H3/t15-/m0/s1. The molecule has 1 atom stereocenters. The average Bonchev–Trinajstić information content (AvgIpc) is 2.61. The van der Waals surface area contributed by atoms with Crippen molar-refractivity contribution in [1.82, 2.24) is 4.90 Å². The summed E-state index contributed by atoms with van der Waals surface area (Å²) in [6.45, 7) is 0. The van der Waals surface area contributed by atoms with Crippen LogP contribution in [0.15, 0.2) is 30.3 Å². The normalized spacial score (nSPS) is 16.6. The lowest BCUT2D eigenvalue weighted by Crippen LogP contribution is -2.18. The van der Waals surface area contributed by atoms with Crippen LogP contribution in [0.4, 0.5) is 0 Å². The highest BCUT2D eigenvalue weighted by molar-refractivity contribution is 6.37. The highest BCUT2D eigenvalue weighted by atomic mass is 35.5. The third kappa shape index (κ3) is 2.05. The van der Waals surface area contributed by atoms with Gasteiger partial charge in [0.2, 0.25) is 0 Å². The molecular weight excluding hydrogens is 301 g/mol. The van der Waals surface area contributed by atoms with Gasteiger partial charge in [0.05, 0.1) is 11.1 Å². The zero-order chi connectivity index (χ0) is 13.7. The van der Waals surface area contributed by atoms with E-state index in [-0.39, 0.29) is 6.04 Å². The predicted molar refractivity (Wildman–Crippen MR) is 82.4 cm³/mol. The largest absolute Gasteiger partial charge is 0.299 e. The van der Waals surface area contributed by atoms with Crippen molar-refractivity contribution in [2.45, 2.75) is 6.04 Å². The van der Waals surface area contributed by atoms with Crippen LogP contribution in [0.1, 0.15) is 17.2 Å². The van der Waals surface area contributed by atoms with Gasteiger partial charge in [0.15, 0.2) is 0 Å². The van der Waals surface area contributed by atoms with E-state index in [0.29, 0.717) is 10.0 Å². The predicted octanol–water partition coefficient (Wildman–Crippen LogP) is 5.28. The van der Waals surface area contributed by atoms with Gasteiger partial charge in [-0.25, -0.2) is 0 Å². The molecule has 2 aromatic carbocycles. The number of halogens is 3. The summed E-state index contributed by atoms with van der Waals surface area (Å²) in [6, 6.07) is 9.85. The van der Waals surface area contributed by atoms with Gasteiger partial charge in [-0.3, -0.25) is 4.90 Å². The minimum absolute atomic E-state index is 0.139. The maximum Gasteiger partial charge on any atom is 0.0610 e. The Bertz CT molecular complexity index is 665. The number of rotatable bonds is 1. The topological polar surface area (TPSA) is 3.24 Å². The lowest BCUT2D eigenvalue weighted by Gasteiger charge is -2.22. The second-order valence-electron chi connectivity index (χ2n) is 4.95. The first kappa shape index (κ1) is 13.3. The summed E-state index contributed by atoms with van der Waals surface area (Å²) in [5, 5.41) is 2.09. The lowest BCUT2D eigenvalue weighted by atomic mass is 10.0. The molecule has 0 radical (unpaired) electrons. The minimum Gasteiger partial charge on any atom is -0.299 e. The van der Waals surface area contributed by atoms with Crippen LogP contribution in [0.3, 0.4) is 0 Å².